The molecular formula is C57H72CaN9Na2O29P3. The zero-order chi connectivity index (χ0) is 71.0. The molecule has 0 saturated carbocycles. The van der Waals surface area contributed by atoms with Gasteiger partial charge in [-0.2, -0.15) is 0 Å². The predicted octanol–water partition coefficient (Wildman–Crippen LogP) is -3.28. The molecule has 6 aromatic rings. The number of phosphoric ester groups is 3. The molecule has 0 radical (unpaired) electrons. The van der Waals surface area contributed by atoms with Gasteiger partial charge in [-0.3, -0.25) is 33.6 Å². The van der Waals surface area contributed by atoms with E-state index in [-0.39, 0.29) is 154 Å². The van der Waals surface area contributed by atoms with Gasteiger partial charge in [0.1, 0.15) is 37.6 Å². The van der Waals surface area contributed by atoms with Crippen molar-refractivity contribution in [2.24, 2.45) is 0 Å². The van der Waals surface area contributed by atoms with Crippen molar-refractivity contribution in [1.82, 2.24) is 15.0 Å². The summed E-state index contributed by atoms with van der Waals surface area (Å²) in [4.78, 5) is 116. The number of carbonyl (C=O) groups is 3. The van der Waals surface area contributed by atoms with Crippen molar-refractivity contribution in [2.75, 3.05) is 115 Å². The molecule has 0 unspecified atom stereocenters. The van der Waals surface area contributed by atoms with E-state index in [9.17, 15) is 47.7 Å². The zero-order valence-electron chi connectivity index (χ0n) is 57.9. The first-order valence-electron chi connectivity index (χ1n) is 27.8. The number of fused-ring (bicyclic) bond motifs is 3. The maximum atomic E-state index is 12.8. The molecule has 0 aliphatic carbocycles. The van der Waals surface area contributed by atoms with Gasteiger partial charge in [0, 0.05) is 53.5 Å². The quantitative estimate of drug-likeness (QED) is 0.0293. The van der Waals surface area contributed by atoms with E-state index in [4.69, 9.17) is 66.6 Å². The van der Waals surface area contributed by atoms with Crippen LogP contribution in [0.3, 0.4) is 0 Å². The van der Waals surface area contributed by atoms with Crippen molar-refractivity contribution in [2.45, 2.75) is 58.3 Å². The third-order valence-corrected chi connectivity index (χ3v) is 14.8. The van der Waals surface area contributed by atoms with Crippen molar-refractivity contribution in [1.29, 1.82) is 0 Å². The van der Waals surface area contributed by atoms with Crippen molar-refractivity contribution < 1.29 is 198 Å². The van der Waals surface area contributed by atoms with Gasteiger partial charge in [0.25, 0.3) is 17.7 Å². The van der Waals surface area contributed by atoms with E-state index < -0.39 is 78.2 Å². The maximum Gasteiger partial charge on any atom is 2.00 e. The summed E-state index contributed by atoms with van der Waals surface area (Å²) in [6, 6.07) is 19.5. The Morgan fingerprint density at radius 1 is 0.416 bits per heavy atom. The number of rotatable bonds is 24. The van der Waals surface area contributed by atoms with E-state index in [1.807, 2.05) is 0 Å². The molecule has 0 atom stereocenters. The van der Waals surface area contributed by atoms with Crippen LogP contribution < -0.4 is 166 Å². The Hall–Kier alpha value is -5.97. The van der Waals surface area contributed by atoms with Crippen LogP contribution in [-0.2, 0) is 41.6 Å². The van der Waals surface area contributed by atoms with Gasteiger partial charge in [-0.15, -0.1) is 0 Å². The van der Waals surface area contributed by atoms with E-state index in [1.165, 1.54) is 106 Å². The minimum absolute atomic E-state index is 0. The van der Waals surface area contributed by atoms with Crippen LogP contribution >= 0.6 is 23.5 Å². The molecule has 9 N–H and O–H groups in total. The first kappa shape index (κ1) is 91.1. The molecule has 101 heavy (non-hydrogen) atoms. The Morgan fingerprint density at radius 3 is 0.822 bits per heavy atom. The Morgan fingerprint density at radius 2 is 0.634 bits per heavy atom. The summed E-state index contributed by atoms with van der Waals surface area (Å²) in [5, 5.41) is 9.16. The Kier molecular flexibility index (Phi) is 34.0. The smallest absolute Gasteiger partial charge is 0.790 e. The Balaban J connectivity index is 0.000000503. The van der Waals surface area contributed by atoms with Gasteiger partial charge in [0.15, 0.2) is 86.0 Å². The molecular weight excluding hydrogens is 1450 g/mol. The number of nitrogens with zero attached hydrogens (tertiary/aromatic N) is 6. The number of hydrogen-bond acceptors (Lipinski definition) is 31. The number of hydrogen-bond donors (Lipinski definition) is 5. The molecule has 9 rings (SSSR count). The van der Waals surface area contributed by atoms with Crippen LogP contribution in [0.4, 0.5) is 52.0 Å². The van der Waals surface area contributed by atoms with E-state index in [0.29, 0.717) is 74.6 Å². The summed E-state index contributed by atoms with van der Waals surface area (Å²) in [6.07, 6.45) is 0. The van der Waals surface area contributed by atoms with Crippen LogP contribution in [-0.4, -0.2) is 192 Å². The molecule has 3 aliphatic rings. The van der Waals surface area contributed by atoms with E-state index >= 15 is 0 Å². The van der Waals surface area contributed by atoms with Gasteiger partial charge in [-0.05, 0) is 77.9 Å². The van der Waals surface area contributed by atoms with Crippen molar-refractivity contribution in [3.63, 3.8) is 0 Å². The van der Waals surface area contributed by atoms with Crippen LogP contribution in [0.25, 0.3) is 0 Å². The fraction of sp³-hybridized carbons (Fsp3) is 0.368. The van der Waals surface area contributed by atoms with Gasteiger partial charge in [0.05, 0.1) is 79.6 Å². The number of phosphoric acid groups is 3. The number of anilines is 9. The molecule has 3 aromatic carbocycles. The first-order chi connectivity index (χ1) is 45.0. The Labute approximate surface area is 653 Å². The molecule has 38 nitrogen and oxygen atoms in total. The third-order valence-electron chi connectivity index (χ3n) is 13.5. The van der Waals surface area contributed by atoms with Gasteiger partial charge >= 0.3 is 105 Å². The molecule has 0 saturated heterocycles. The molecule has 3 aliphatic heterocycles. The second kappa shape index (κ2) is 37.6. The van der Waals surface area contributed by atoms with Crippen molar-refractivity contribution >= 4 is 131 Å². The van der Waals surface area contributed by atoms with Crippen LogP contribution in [0, 0.1) is 0 Å². The number of benzene rings is 3. The second-order valence-corrected chi connectivity index (χ2v) is 24.9. The molecule has 3 amide bonds. The number of carbonyl (C=O) groups excluding carboxylic acids is 3. The van der Waals surface area contributed by atoms with Crippen LogP contribution in [0.2, 0.25) is 0 Å². The molecule has 0 spiro atoms. The van der Waals surface area contributed by atoms with E-state index in [1.54, 1.807) is 72.8 Å². The molecule has 44 heteroatoms. The molecule has 6 heterocycles. The number of ether oxygens (including phenoxy) is 12. The zero-order valence-corrected chi connectivity index (χ0v) is 66.8. The van der Waals surface area contributed by atoms with Gasteiger partial charge < -0.3 is 131 Å². The number of nitrogens with one attached hydrogen (secondary N) is 3. The summed E-state index contributed by atoms with van der Waals surface area (Å²) in [7, 11) is -2.13. The summed E-state index contributed by atoms with van der Waals surface area (Å²) < 4.78 is 111. The summed E-state index contributed by atoms with van der Waals surface area (Å²) in [5.41, 5.74) is -2.31. The van der Waals surface area contributed by atoms with Crippen LogP contribution in [0.15, 0.2) is 72.8 Å². The van der Waals surface area contributed by atoms with Gasteiger partial charge in [-0.25, -0.2) is 19.5 Å². The van der Waals surface area contributed by atoms with Gasteiger partial charge in [0.2, 0.25) is 17.2 Å². The SMILES string of the molecule is COc1cc(Nc2ccc3c(n2)N(COP(=O)(O)O)C(=O)C(C)(C)O3)cc(OC)c1OC.COc1cc(Nc2ccc3c(n2)N(COP(=O)([O-])[O-])C(=O)C(C)(C)O3)cc(OC)c1OC.COc1cc(Nc2ccc3c(n2)N(COP(=O)([O-])[O-])C(=O)C(C)(C)O3)cc(OC)c1OC.O.O.[Ca+2].[Na+].[Na+]. The summed E-state index contributed by atoms with van der Waals surface area (Å²) in [5.74, 6) is 3.43. The normalized spacial score (nSPS) is 14.2. The van der Waals surface area contributed by atoms with Crippen LogP contribution in [0.1, 0.15) is 41.5 Å². The van der Waals surface area contributed by atoms with Crippen molar-refractivity contribution in [3.05, 3.63) is 72.8 Å². The number of pyridine rings is 3. The third kappa shape index (κ3) is 23.0. The summed E-state index contributed by atoms with van der Waals surface area (Å²) >= 11 is 0. The fourth-order valence-corrected chi connectivity index (χ4v) is 9.99. The van der Waals surface area contributed by atoms with E-state index in [0.717, 1.165) is 14.7 Å². The Bertz CT molecular complexity index is 3560. The number of amides is 3. The fourth-order valence-electron chi connectivity index (χ4n) is 9.21. The minimum atomic E-state index is -5.32. The molecule has 0 fully saturated rings. The molecule has 0 bridgehead atoms. The average Bonchev–Trinajstić information content (AvgIpc) is 0.773. The summed E-state index contributed by atoms with van der Waals surface area (Å²) in [6.45, 7) is 6.71. The second-order valence-electron chi connectivity index (χ2n) is 21.4. The van der Waals surface area contributed by atoms with E-state index in [2.05, 4.69) is 44.5 Å². The van der Waals surface area contributed by atoms with Crippen LogP contribution in [0.5, 0.6) is 69.0 Å². The number of aromatic nitrogens is 3. The molecule has 3 aromatic heterocycles. The maximum absolute atomic E-state index is 12.8. The minimum Gasteiger partial charge on any atom is -0.790 e. The molecule has 538 valence electrons. The standard InChI is InChI=1S/3C19H24N3O9P.Ca.2Na.2H2O/c3*1-19(2)18(23)22(10-30-32(24,25)26)17-12(31-19)6-7-15(21-17)20-11-8-13(27-3)16(29-5)14(9-11)28-4;;;;;/h3*6-9H,10H2,1-5H3,(H,20,21)(H2,24,25,26);;;;2*1H2/q;;;+2;2*+1;;/p-4. The topological polar surface area (TPSA) is 521 Å². The monoisotopic (exact) mass is 1530 g/mol. The van der Waals surface area contributed by atoms with Gasteiger partial charge in [-0.1, -0.05) is 0 Å². The predicted molar refractivity (Wildman–Crippen MR) is 346 cm³/mol. The first-order valence-corrected chi connectivity index (χ1v) is 32.2. The largest absolute Gasteiger partial charge is 2.00 e. The number of methoxy groups -OCH3 is 9. The average molecular weight is 1530 g/mol. The van der Waals surface area contributed by atoms with Crippen molar-refractivity contribution in [3.8, 4) is 69.0 Å².